The molecule has 0 amide bonds. The molecule has 1 heterocycles. The molecular formula is C13H26N2O2. The Hall–Kier alpha value is -0.610. The van der Waals surface area contributed by atoms with Crippen molar-refractivity contribution < 1.29 is 9.90 Å². The Balaban J connectivity index is 2.39. The zero-order chi connectivity index (χ0) is 12.9. The molecule has 1 aliphatic rings. The Morgan fingerprint density at radius 1 is 1.47 bits per heavy atom. The van der Waals surface area contributed by atoms with Gasteiger partial charge in [0.15, 0.2) is 0 Å². The lowest BCUT2D eigenvalue weighted by molar-refractivity contribution is -0.139. The number of hydrogen-bond donors (Lipinski definition) is 2. The molecule has 1 unspecified atom stereocenters. The Bertz CT molecular complexity index is 248. The summed E-state index contributed by atoms with van der Waals surface area (Å²) in [5.74, 6) is -0.719. The number of aliphatic carboxylic acids is 1. The summed E-state index contributed by atoms with van der Waals surface area (Å²) in [5, 5.41) is 12.3. The maximum Gasteiger partial charge on any atom is 0.320 e. The molecule has 4 heteroatoms. The van der Waals surface area contributed by atoms with Gasteiger partial charge in [-0.05, 0) is 44.8 Å². The zero-order valence-corrected chi connectivity index (χ0v) is 11.3. The lowest BCUT2D eigenvalue weighted by Gasteiger charge is -2.38. The van der Waals surface area contributed by atoms with Crippen molar-refractivity contribution in [1.29, 1.82) is 0 Å². The molecule has 1 aliphatic heterocycles. The van der Waals surface area contributed by atoms with Crippen LogP contribution < -0.4 is 5.32 Å². The van der Waals surface area contributed by atoms with Crippen LogP contribution in [0.5, 0.6) is 0 Å². The molecule has 0 aromatic carbocycles. The van der Waals surface area contributed by atoms with E-state index < -0.39 is 5.97 Å². The lowest BCUT2D eigenvalue weighted by Crippen LogP contribution is -2.46. The first-order valence-corrected chi connectivity index (χ1v) is 6.61. The summed E-state index contributed by atoms with van der Waals surface area (Å²) in [6.07, 6.45) is 3.92. The van der Waals surface area contributed by atoms with E-state index in [-0.39, 0.29) is 11.5 Å². The quantitative estimate of drug-likeness (QED) is 0.742. The van der Waals surface area contributed by atoms with Gasteiger partial charge in [-0.25, -0.2) is 0 Å². The number of carbonyl (C=O) groups is 1. The van der Waals surface area contributed by atoms with E-state index in [0.29, 0.717) is 6.42 Å². The molecule has 1 fully saturated rings. The van der Waals surface area contributed by atoms with Gasteiger partial charge < -0.3 is 15.3 Å². The van der Waals surface area contributed by atoms with Crippen molar-refractivity contribution in [2.75, 3.05) is 26.7 Å². The highest BCUT2D eigenvalue weighted by Crippen LogP contribution is 2.29. The van der Waals surface area contributed by atoms with Crippen molar-refractivity contribution in [3.8, 4) is 0 Å². The molecule has 1 atom stereocenters. The monoisotopic (exact) mass is 242 g/mol. The highest BCUT2D eigenvalue weighted by atomic mass is 16.4. The number of piperidine rings is 1. The summed E-state index contributed by atoms with van der Waals surface area (Å²) in [6.45, 7) is 7.33. The molecular weight excluding hydrogens is 216 g/mol. The van der Waals surface area contributed by atoms with E-state index in [1.165, 1.54) is 0 Å². The van der Waals surface area contributed by atoms with Gasteiger partial charge >= 0.3 is 5.97 Å². The molecule has 100 valence electrons. The first-order valence-electron chi connectivity index (χ1n) is 6.61. The Kier molecular flexibility index (Phi) is 5.40. The maximum absolute atomic E-state index is 11.0. The molecule has 0 aromatic rings. The number of hydrogen-bond acceptors (Lipinski definition) is 3. The van der Waals surface area contributed by atoms with Crippen molar-refractivity contribution >= 4 is 5.97 Å². The largest absolute Gasteiger partial charge is 0.480 e. The van der Waals surface area contributed by atoms with E-state index >= 15 is 0 Å². The lowest BCUT2D eigenvalue weighted by atomic mass is 9.80. The average molecular weight is 242 g/mol. The fourth-order valence-electron chi connectivity index (χ4n) is 2.31. The second kappa shape index (κ2) is 6.36. The highest BCUT2D eigenvalue weighted by molar-refractivity contribution is 5.73. The molecule has 4 nitrogen and oxygen atoms in total. The van der Waals surface area contributed by atoms with Crippen molar-refractivity contribution in [2.45, 2.75) is 45.6 Å². The zero-order valence-electron chi connectivity index (χ0n) is 11.3. The normalized spacial score (nSPS) is 22.3. The molecule has 0 aliphatic carbocycles. The van der Waals surface area contributed by atoms with Crippen molar-refractivity contribution in [1.82, 2.24) is 10.2 Å². The number of likely N-dealkylation sites (tertiary alicyclic amines) is 1. The summed E-state index contributed by atoms with van der Waals surface area (Å²) in [6, 6.07) is -0.378. The minimum Gasteiger partial charge on any atom is -0.480 e. The van der Waals surface area contributed by atoms with Gasteiger partial charge in [-0.3, -0.25) is 4.79 Å². The highest BCUT2D eigenvalue weighted by Gasteiger charge is 2.30. The van der Waals surface area contributed by atoms with Crippen molar-refractivity contribution in [3.05, 3.63) is 0 Å². The van der Waals surface area contributed by atoms with Gasteiger partial charge in [-0.1, -0.05) is 20.3 Å². The van der Waals surface area contributed by atoms with Gasteiger partial charge in [0, 0.05) is 6.54 Å². The van der Waals surface area contributed by atoms with Crippen molar-refractivity contribution in [2.24, 2.45) is 5.41 Å². The molecule has 1 rings (SSSR count). The second-order valence-corrected chi connectivity index (χ2v) is 5.67. The van der Waals surface area contributed by atoms with E-state index in [2.05, 4.69) is 24.2 Å². The van der Waals surface area contributed by atoms with Gasteiger partial charge in [-0.15, -0.1) is 0 Å². The molecule has 0 bridgehead atoms. The third kappa shape index (κ3) is 4.64. The third-order valence-corrected chi connectivity index (χ3v) is 3.84. The molecule has 1 saturated heterocycles. The maximum atomic E-state index is 11.0. The van der Waals surface area contributed by atoms with Gasteiger partial charge in [0.1, 0.15) is 6.04 Å². The number of carboxylic acids is 1. The van der Waals surface area contributed by atoms with Crippen LogP contribution in [-0.2, 0) is 4.79 Å². The van der Waals surface area contributed by atoms with Crippen LogP contribution in [0.25, 0.3) is 0 Å². The van der Waals surface area contributed by atoms with E-state index in [1.54, 1.807) is 0 Å². The smallest absolute Gasteiger partial charge is 0.320 e. The van der Waals surface area contributed by atoms with E-state index in [9.17, 15) is 4.79 Å². The van der Waals surface area contributed by atoms with Gasteiger partial charge in [-0.2, -0.15) is 0 Å². The second-order valence-electron chi connectivity index (χ2n) is 5.67. The first-order chi connectivity index (χ1) is 7.97. The van der Waals surface area contributed by atoms with Gasteiger partial charge in [0.25, 0.3) is 0 Å². The third-order valence-electron chi connectivity index (χ3n) is 3.84. The van der Waals surface area contributed by atoms with Crippen LogP contribution in [0.1, 0.15) is 39.5 Å². The Labute approximate surface area is 104 Å². The molecule has 2 N–H and O–H groups in total. The standard InChI is InChI=1S/C13H26N2O2/c1-4-5-11(12(16)17)14-10-13(2)6-8-15(3)9-7-13/h11,14H,4-10H2,1-3H3,(H,16,17). The summed E-state index contributed by atoms with van der Waals surface area (Å²) in [7, 11) is 2.14. The topological polar surface area (TPSA) is 52.6 Å². The van der Waals surface area contributed by atoms with Crippen LogP contribution in [0, 0.1) is 5.41 Å². The van der Waals surface area contributed by atoms with Crippen LogP contribution in [0.2, 0.25) is 0 Å². The molecule has 0 aromatic heterocycles. The number of nitrogens with zero attached hydrogens (tertiary/aromatic N) is 1. The van der Waals surface area contributed by atoms with E-state index in [4.69, 9.17) is 5.11 Å². The van der Waals surface area contributed by atoms with Crippen LogP contribution in [0.15, 0.2) is 0 Å². The minimum absolute atomic E-state index is 0.258. The number of rotatable bonds is 6. The Morgan fingerprint density at radius 2 is 2.06 bits per heavy atom. The molecule has 17 heavy (non-hydrogen) atoms. The van der Waals surface area contributed by atoms with Gasteiger partial charge in [0.2, 0.25) is 0 Å². The molecule has 0 saturated carbocycles. The summed E-state index contributed by atoms with van der Waals surface area (Å²) in [4.78, 5) is 13.4. The predicted octanol–water partition coefficient (Wildman–Crippen LogP) is 1.56. The summed E-state index contributed by atoms with van der Waals surface area (Å²) >= 11 is 0. The molecule has 0 spiro atoms. The molecule has 0 radical (unpaired) electrons. The van der Waals surface area contributed by atoms with E-state index in [1.807, 2.05) is 6.92 Å². The first kappa shape index (κ1) is 14.5. The Morgan fingerprint density at radius 3 is 2.53 bits per heavy atom. The van der Waals surface area contributed by atoms with Crippen LogP contribution in [-0.4, -0.2) is 48.7 Å². The number of carboxylic acid groups (broad SMARTS) is 1. The van der Waals surface area contributed by atoms with Crippen LogP contribution >= 0.6 is 0 Å². The minimum atomic E-state index is -0.719. The fourth-order valence-corrected chi connectivity index (χ4v) is 2.31. The average Bonchev–Trinajstić information content (AvgIpc) is 2.28. The van der Waals surface area contributed by atoms with Gasteiger partial charge in [0.05, 0.1) is 0 Å². The van der Waals surface area contributed by atoms with E-state index in [0.717, 1.165) is 38.9 Å². The van der Waals surface area contributed by atoms with Crippen LogP contribution in [0.3, 0.4) is 0 Å². The SMILES string of the molecule is CCCC(NCC1(C)CCN(C)CC1)C(=O)O. The summed E-state index contributed by atoms with van der Waals surface area (Å²) in [5.41, 5.74) is 0.258. The predicted molar refractivity (Wildman–Crippen MR) is 69.2 cm³/mol. The number of nitrogens with one attached hydrogen (secondary N) is 1. The fraction of sp³-hybridized carbons (Fsp3) is 0.923. The van der Waals surface area contributed by atoms with Crippen LogP contribution in [0.4, 0.5) is 0 Å². The van der Waals surface area contributed by atoms with Crippen molar-refractivity contribution in [3.63, 3.8) is 0 Å². The summed E-state index contributed by atoms with van der Waals surface area (Å²) < 4.78 is 0.